The number of amides is 2. The SMILES string of the molecule is CCN(CC)C(C)CNC(=O)CCNC(=O)c1ccc(F)cc1F. The molecule has 2 amide bonds. The summed E-state index contributed by atoms with van der Waals surface area (Å²) in [7, 11) is 0. The molecule has 0 spiro atoms. The van der Waals surface area contributed by atoms with Crippen molar-refractivity contribution in [2.75, 3.05) is 26.2 Å². The van der Waals surface area contributed by atoms with Crippen molar-refractivity contribution in [1.82, 2.24) is 15.5 Å². The van der Waals surface area contributed by atoms with Crippen LogP contribution in [-0.2, 0) is 4.79 Å². The van der Waals surface area contributed by atoms with Gasteiger partial charge in [0.2, 0.25) is 5.91 Å². The maximum atomic E-state index is 13.5. The monoisotopic (exact) mass is 341 g/mol. The van der Waals surface area contributed by atoms with E-state index in [0.717, 1.165) is 25.2 Å². The van der Waals surface area contributed by atoms with Crippen LogP contribution in [0.25, 0.3) is 0 Å². The van der Waals surface area contributed by atoms with Gasteiger partial charge in [0.1, 0.15) is 11.6 Å². The van der Waals surface area contributed by atoms with Gasteiger partial charge in [-0.05, 0) is 32.1 Å². The zero-order valence-corrected chi connectivity index (χ0v) is 14.4. The van der Waals surface area contributed by atoms with Crippen molar-refractivity contribution in [3.63, 3.8) is 0 Å². The number of carbonyl (C=O) groups is 2. The first kappa shape index (κ1) is 20.0. The number of halogens is 2. The number of benzene rings is 1. The summed E-state index contributed by atoms with van der Waals surface area (Å²) in [5.74, 6) is -2.53. The molecule has 1 aromatic rings. The molecule has 0 bridgehead atoms. The summed E-state index contributed by atoms with van der Waals surface area (Å²) in [5, 5.41) is 5.26. The normalized spacial score (nSPS) is 12.1. The van der Waals surface area contributed by atoms with E-state index >= 15 is 0 Å². The fourth-order valence-corrected chi connectivity index (χ4v) is 2.38. The minimum absolute atomic E-state index is 0.0845. The summed E-state index contributed by atoms with van der Waals surface area (Å²) in [6.07, 6.45) is 0.0967. The Morgan fingerprint density at radius 2 is 1.83 bits per heavy atom. The lowest BCUT2D eigenvalue weighted by atomic mass is 10.2. The van der Waals surface area contributed by atoms with Gasteiger partial charge >= 0.3 is 0 Å². The minimum atomic E-state index is -0.926. The Morgan fingerprint density at radius 1 is 1.17 bits per heavy atom. The van der Waals surface area contributed by atoms with Gasteiger partial charge in [-0.15, -0.1) is 0 Å². The molecule has 134 valence electrons. The third-order valence-corrected chi connectivity index (χ3v) is 3.84. The molecule has 0 saturated carbocycles. The first-order chi connectivity index (χ1) is 11.4. The molecule has 1 atom stereocenters. The van der Waals surface area contributed by atoms with Gasteiger partial charge in [0.25, 0.3) is 5.91 Å². The molecule has 0 saturated heterocycles. The smallest absolute Gasteiger partial charge is 0.254 e. The largest absolute Gasteiger partial charge is 0.354 e. The zero-order valence-electron chi connectivity index (χ0n) is 14.4. The number of nitrogens with zero attached hydrogens (tertiary/aromatic N) is 1. The van der Waals surface area contributed by atoms with E-state index in [4.69, 9.17) is 0 Å². The summed E-state index contributed by atoms with van der Waals surface area (Å²) in [6.45, 7) is 8.59. The van der Waals surface area contributed by atoms with Gasteiger partial charge in [0.05, 0.1) is 5.56 Å². The second-order valence-corrected chi connectivity index (χ2v) is 5.50. The van der Waals surface area contributed by atoms with Gasteiger partial charge < -0.3 is 10.6 Å². The summed E-state index contributed by atoms with van der Waals surface area (Å²) < 4.78 is 26.3. The van der Waals surface area contributed by atoms with E-state index in [-0.39, 0.29) is 30.5 Å². The molecule has 0 aromatic heterocycles. The minimum Gasteiger partial charge on any atom is -0.354 e. The van der Waals surface area contributed by atoms with Gasteiger partial charge in [-0.1, -0.05) is 13.8 Å². The van der Waals surface area contributed by atoms with Crippen LogP contribution >= 0.6 is 0 Å². The molecule has 0 aliphatic heterocycles. The van der Waals surface area contributed by atoms with Crippen molar-refractivity contribution in [2.24, 2.45) is 0 Å². The van der Waals surface area contributed by atoms with E-state index in [2.05, 4.69) is 29.4 Å². The van der Waals surface area contributed by atoms with Crippen LogP contribution in [0, 0.1) is 11.6 Å². The number of rotatable bonds is 9. The van der Waals surface area contributed by atoms with Crippen molar-refractivity contribution >= 4 is 11.8 Å². The number of hydrogen-bond donors (Lipinski definition) is 2. The number of hydrogen-bond acceptors (Lipinski definition) is 3. The van der Waals surface area contributed by atoms with E-state index in [0.29, 0.717) is 12.6 Å². The standard InChI is InChI=1S/C17H25F2N3O2/c1-4-22(5-2)12(3)11-21-16(23)8-9-20-17(24)14-7-6-13(18)10-15(14)19/h6-7,10,12H,4-5,8-9,11H2,1-3H3,(H,20,24)(H,21,23). The third kappa shape index (κ3) is 6.23. The summed E-state index contributed by atoms with van der Waals surface area (Å²) in [6, 6.07) is 2.97. The molecule has 7 heteroatoms. The first-order valence-electron chi connectivity index (χ1n) is 8.13. The van der Waals surface area contributed by atoms with Crippen LogP contribution in [-0.4, -0.2) is 48.9 Å². The molecule has 1 unspecified atom stereocenters. The predicted octanol–water partition coefficient (Wildman–Crippen LogP) is 1.93. The van der Waals surface area contributed by atoms with E-state index in [1.165, 1.54) is 0 Å². The highest BCUT2D eigenvalue weighted by Gasteiger charge is 2.14. The van der Waals surface area contributed by atoms with Crippen LogP contribution in [0.5, 0.6) is 0 Å². The third-order valence-electron chi connectivity index (χ3n) is 3.84. The van der Waals surface area contributed by atoms with E-state index in [9.17, 15) is 18.4 Å². The Bertz CT molecular complexity index is 563. The van der Waals surface area contributed by atoms with E-state index in [1.807, 2.05) is 6.92 Å². The molecule has 1 rings (SSSR count). The van der Waals surface area contributed by atoms with Crippen molar-refractivity contribution < 1.29 is 18.4 Å². The van der Waals surface area contributed by atoms with Crippen LogP contribution in [0.2, 0.25) is 0 Å². The lowest BCUT2D eigenvalue weighted by molar-refractivity contribution is -0.121. The molecule has 1 aromatic carbocycles. The Hall–Kier alpha value is -2.02. The summed E-state index contributed by atoms with van der Waals surface area (Å²) in [4.78, 5) is 25.8. The molecule has 0 heterocycles. The number of carbonyl (C=O) groups excluding carboxylic acids is 2. The molecule has 0 aliphatic carbocycles. The highest BCUT2D eigenvalue weighted by atomic mass is 19.1. The molecule has 0 fully saturated rings. The fraction of sp³-hybridized carbons (Fsp3) is 0.529. The fourth-order valence-electron chi connectivity index (χ4n) is 2.38. The lowest BCUT2D eigenvalue weighted by Crippen LogP contribution is -2.42. The van der Waals surface area contributed by atoms with Crippen molar-refractivity contribution in [1.29, 1.82) is 0 Å². The Labute approximate surface area is 141 Å². The van der Waals surface area contributed by atoms with Crippen LogP contribution in [0.1, 0.15) is 37.6 Å². The molecular weight excluding hydrogens is 316 g/mol. The van der Waals surface area contributed by atoms with Crippen LogP contribution in [0.4, 0.5) is 8.78 Å². The zero-order chi connectivity index (χ0) is 18.1. The topological polar surface area (TPSA) is 61.4 Å². The van der Waals surface area contributed by atoms with Gasteiger partial charge in [-0.2, -0.15) is 0 Å². The lowest BCUT2D eigenvalue weighted by Gasteiger charge is -2.26. The maximum Gasteiger partial charge on any atom is 0.254 e. The average Bonchev–Trinajstić information content (AvgIpc) is 2.53. The molecule has 5 nitrogen and oxygen atoms in total. The van der Waals surface area contributed by atoms with E-state index < -0.39 is 17.5 Å². The predicted molar refractivity (Wildman–Crippen MR) is 88.7 cm³/mol. The summed E-state index contributed by atoms with van der Waals surface area (Å²) in [5.41, 5.74) is -0.244. The molecule has 0 radical (unpaired) electrons. The van der Waals surface area contributed by atoms with Gasteiger partial charge in [-0.25, -0.2) is 8.78 Å². The highest BCUT2D eigenvalue weighted by Crippen LogP contribution is 2.09. The van der Waals surface area contributed by atoms with Crippen molar-refractivity contribution in [2.45, 2.75) is 33.2 Å². The highest BCUT2D eigenvalue weighted by molar-refractivity contribution is 5.94. The quantitative estimate of drug-likeness (QED) is 0.721. The molecule has 0 aliphatic rings. The molecule has 2 N–H and O–H groups in total. The Morgan fingerprint density at radius 3 is 2.42 bits per heavy atom. The number of likely N-dealkylation sites (N-methyl/N-ethyl adjacent to an activating group) is 1. The maximum absolute atomic E-state index is 13.5. The Balaban J connectivity index is 2.33. The van der Waals surface area contributed by atoms with Crippen LogP contribution < -0.4 is 10.6 Å². The van der Waals surface area contributed by atoms with Crippen molar-refractivity contribution in [3.05, 3.63) is 35.4 Å². The molecular formula is C17H25F2N3O2. The van der Waals surface area contributed by atoms with Gasteiger partial charge in [-0.3, -0.25) is 14.5 Å². The second kappa shape index (κ2) is 9.97. The second-order valence-electron chi connectivity index (χ2n) is 5.50. The van der Waals surface area contributed by atoms with E-state index in [1.54, 1.807) is 0 Å². The number of nitrogens with one attached hydrogen (secondary N) is 2. The van der Waals surface area contributed by atoms with Gasteiger partial charge in [0, 0.05) is 31.6 Å². The van der Waals surface area contributed by atoms with Crippen LogP contribution in [0.3, 0.4) is 0 Å². The van der Waals surface area contributed by atoms with Gasteiger partial charge in [0.15, 0.2) is 0 Å². The van der Waals surface area contributed by atoms with Crippen molar-refractivity contribution in [3.8, 4) is 0 Å². The van der Waals surface area contributed by atoms with Crippen LogP contribution in [0.15, 0.2) is 18.2 Å². The molecule has 24 heavy (non-hydrogen) atoms. The summed E-state index contributed by atoms with van der Waals surface area (Å²) >= 11 is 0. The first-order valence-corrected chi connectivity index (χ1v) is 8.13. The Kier molecular flexibility index (Phi) is 8.32. The average molecular weight is 341 g/mol.